The molecule has 0 bridgehead atoms. The van der Waals surface area contributed by atoms with Crippen molar-refractivity contribution in [2.24, 2.45) is 4.99 Å². The van der Waals surface area contributed by atoms with Crippen LogP contribution >= 0.6 is 23.1 Å². The van der Waals surface area contributed by atoms with E-state index in [9.17, 15) is 4.79 Å². The van der Waals surface area contributed by atoms with Gasteiger partial charge in [-0.05, 0) is 24.1 Å². The van der Waals surface area contributed by atoms with Crippen molar-refractivity contribution in [1.82, 2.24) is 15.5 Å². The van der Waals surface area contributed by atoms with Crippen LogP contribution in [0.4, 0.5) is 0 Å². The molecule has 0 aliphatic heterocycles. The highest BCUT2D eigenvalue weighted by Crippen LogP contribution is 2.08. The lowest BCUT2D eigenvalue weighted by Crippen LogP contribution is -2.41. The Kier molecular flexibility index (Phi) is 9.00. The van der Waals surface area contributed by atoms with E-state index in [0.29, 0.717) is 11.2 Å². The lowest BCUT2D eigenvalue weighted by atomic mass is 10.3. The van der Waals surface area contributed by atoms with Gasteiger partial charge in [0.1, 0.15) is 6.54 Å². The van der Waals surface area contributed by atoms with Gasteiger partial charge >= 0.3 is 0 Å². The van der Waals surface area contributed by atoms with Gasteiger partial charge in [-0.25, -0.2) is 4.99 Å². The van der Waals surface area contributed by atoms with Crippen LogP contribution in [0.25, 0.3) is 0 Å². The molecule has 0 aliphatic rings. The minimum atomic E-state index is -0.00253. The van der Waals surface area contributed by atoms with E-state index in [2.05, 4.69) is 46.3 Å². The van der Waals surface area contributed by atoms with Gasteiger partial charge < -0.3 is 15.5 Å². The number of nitrogens with one attached hydrogen (secondary N) is 2. The lowest BCUT2D eigenvalue weighted by molar-refractivity contribution is -0.127. The zero-order valence-corrected chi connectivity index (χ0v) is 15.4. The Morgan fingerprint density at radius 2 is 2.23 bits per heavy atom. The van der Waals surface area contributed by atoms with Crippen LogP contribution in [0.5, 0.6) is 0 Å². The van der Waals surface area contributed by atoms with Crippen molar-refractivity contribution < 1.29 is 4.79 Å². The third kappa shape index (κ3) is 7.70. The van der Waals surface area contributed by atoms with Crippen LogP contribution < -0.4 is 10.6 Å². The minimum Gasteiger partial charge on any atom is -0.356 e. The smallest absolute Gasteiger partial charge is 0.243 e. The summed E-state index contributed by atoms with van der Waals surface area (Å²) < 4.78 is 0. The standard InChI is InChI=1S/C15H26N4OS2/c1-12(21-4)10-17-15(18-11-14(20)19(2)3)16-8-7-13-6-5-9-22-13/h5-6,9,12H,7-8,10-11H2,1-4H3,(H2,16,17,18). The van der Waals surface area contributed by atoms with Gasteiger partial charge in [-0.3, -0.25) is 4.79 Å². The molecule has 0 aliphatic carbocycles. The van der Waals surface area contributed by atoms with E-state index in [1.807, 2.05) is 0 Å². The summed E-state index contributed by atoms with van der Waals surface area (Å²) in [5, 5.41) is 9.17. The molecule has 5 nitrogen and oxygen atoms in total. The van der Waals surface area contributed by atoms with Crippen LogP contribution in [0.2, 0.25) is 0 Å². The number of carbonyl (C=O) groups excluding carboxylic acids is 1. The molecule has 0 radical (unpaired) electrons. The number of thiophene rings is 1. The second kappa shape index (κ2) is 10.5. The summed E-state index contributed by atoms with van der Waals surface area (Å²) >= 11 is 3.55. The highest BCUT2D eigenvalue weighted by molar-refractivity contribution is 7.99. The predicted octanol–water partition coefficient (Wildman–Crippen LogP) is 1.67. The Hall–Kier alpha value is -1.21. The van der Waals surface area contributed by atoms with E-state index >= 15 is 0 Å². The molecule has 7 heteroatoms. The number of aliphatic imine (C=N–C) groups is 1. The van der Waals surface area contributed by atoms with E-state index in [-0.39, 0.29) is 12.5 Å². The summed E-state index contributed by atoms with van der Waals surface area (Å²) in [5.74, 6) is 0.699. The maximum atomic E-state index is 11.7. The molecule has 1 atom stereocenters. The molecular formula is C15H26N4OS2. The normalized spacial score (nSPS) is 12.8. The third-order valence-corrected chi connectivity index (χ3v) is 4.98. The maximum absolute atomic E-state index is 11.7. The van der Waals surface area contributed by atoms with Crippen molar-refractivity contribution in [3.05, 3.63) is 22.4 Å². The molecule has 0 saturated heterocycles. The zero-order valence-electron chi connectivity index (χ0n) is 13.8. The molecule has 124 valence electrons. The fraction of sp³-hybridized carbons (Fsp3) is 0.600. The van der Waals surface area contributed by atoms with Crippen LogP contribution in [0.15, 0.2) is 22.5 Å². The first-order valence-corrected chi connectivity index (χ1v) is 9.47. The van der Waals surface area contributed by atoms with Crippen molar-refractivity contribution in [2.45, 2.75) is 18.6 Å². The molecular weight excluding hydrogens is 316 g/mol. The van der Waals surface area contributed by atoms with Crippen LogP contribution in [0, 0.1) is 0 Å². The Labute approximate surface area is 141 Å². The van der Waals surface area contributed by atoms with E-state index in [1.54, 1.807) is 42.1 Å². The van der Waals surface area contributed by atoms with Gasteiger partial charge in [-0.2, -0.15) is 11.8 Å². The fourth-order valence-corrected chi connectivity index (χ4v) is 2.50. The summed E-state index contributed by atoms with van der Waals surface area (Å²) in [7, 11) is 3.48. The molecule has 1 unspecified atom stereocenters. The molecule has 1 aromatic rings. The van der Waals surface area contributed by atoms with Gasteiger partial charge in [0.05, 0.1) is 0 Å². The third-order valence-electron chi connectivity index (χ3n) is 3.07. The summed E-state index contributed by atoms with van der Waals surface area (Å²) in [4.78, 5) is 18.9. The summed E-state index contributed by atoms with van der Waals surface area (Å²) in [6.45, 7) is 3.94. The average molecular weight is 343 g/mol. The van der Waals surface area contributed by atoms with Gasteiger partial charge in [0, 0.05) is 37.3 Å². The fourth-order valence-electron chi connectivity index (χ4n) is 1.55. The minimum absolute atomic E-state index is 0.00253. The monoisotopic (exact) mass is 342 g/mol. The Balaban J connectivity index is 2.48. The number of likely N-dealkylation sites (N-methyl/N-ethyl adjacent to an activating group) is 1. The summed E-state index contributed by atoms with van der Waals surface area (Å²) in [6.07, 6.45) is 3.04. The molecule has 1 heterocycles. The summed E-state index contributed by atoms with van der Waals surface area (Å²) in [6, 6.07) is 4.19. The molecule has 0 spiro atoms. The van der Waals surface area contributed by atoms with Crippen LogP contribution in [-0.4, -0.2) is 62.0 Å². The second-order valence-electron chi connectivity index (χ2n) is 5.14. The van der Waals surface area contributed by atoms with Crippen molar-refractivity contribution in [2.75, 3.05) is 40.0 Å². The SMILES string of the molecule is CSC(C)CNC(=NCC(=O)N(C)C)NCCc1cccs1. The molecule has 1 aromatic heterocycles. The van der Waals surface area contributed by atoms with Crippen molar-refractivity contribution >= 4 is 35.0 Å². The molecule has 0 aromatic carbocycles. The van der Waals surface area contributed by atoms with E-state index < -0.39 is 0 Å². The first-order chi connectivity index (χ1) is 10.5. The number of hydrogen-bond donors (Lipinski definition) is 2. The molecule has 2 N–H and O–H groups in total. The molecule has 0 saturated carbocycles. The predicted molar refractivity (Wildman–Crippen MR) is 98.0 cm³/mol. The Bertz CT molecular complexity index is 460. The molecule has 0 fully saturated rings. The van der Waals surface area contributed by atoms with Crippen LogP contribution in [0.1, 0.15) is 11.8 Å². The number of rotatable bonds is 8. The molecule has 1 amide bonds. The lowest BCUT2D eigenvalue weighted by Gasteiger charge is -2.15. The van der Waals surface area contributed by atoms with Gasteiger partial charge in [-0.1, -0.05) is 13.0 Å². The number of hydrogen-bond acceptors (Lipinski definition) is 4. The van der Waals surface area contributed by atoms with Crippen LogP contribution in [-0.2, 0) is 11.2 Å². The van der Waals surface area contributed by atoms with Crippen LogP contribution in [0.3, 0.4) is 0 Å². The number of guanidine groups is 1. The van der Waals surface area contributed by atoms with Gasteiger partial charge in [0.25, 0.3) is 0 Å². The van der Waals surface area contributed by atoms with Crippen molar-refractivity contribution in [3.8, 4) is 0 Å². The first-order valence-electron chi connectivity index (χ1n) is 7.30. The number of nitrogens with zero attached hydrogens (tertiary/aromatic N) is 2. The van der Waals surface area contributed by atoms with E-state index in [0.717, 1.165) is 19.5 Å². The first kappa shape index (κ1) is 18.8. The Morgan fingerprint density at radius 3 is 2.82 bits per heavy atom. The quantitative estimate of drug-likeness (QED) is 0.557. The highest BCUT2D eigenvalue weighted by atomic mass is 32.2. The second-order valence-corrected chi connectivity index (χ2v) is 7.44. The maximum Gasteiger partial charge on any atom is 0.243 e. The average Bonchev–Trinajstić information content (AvgIpc) is 3.01. The zero-order chi connectivity index (χ0) is 16.4. The van der Waals surface area contributed by atoms with Gasteiger partial charge in [-0.15, -0.1) is 11.3 Å². The Morgan fingerprint density at radius 1 is 1.45 bits per heavy atom. The van der Waals surface area contributed by atoms with Gasteiger partial charge in [0.15, 0.2) is 5.96 Å². The number of carbonyl (C=O) groups is 1. The summed E-state index contributed by atoms with van der Waals surface area (Å²) in [5.41, 5.74) is 0. The highest BCUT2D eigenvalue weighted by Gasteiger charge is 2.06. The van der Waals surface area contributed by atoms with E-state index in [1.165, 1.54) is 4.88 Å². The number of thioether (sulfide) groups is 1. The topological polar surface area (TPSA) is 56.7 Å². The molecule has 22 heavy (non-hydrogen) atoms. The van der Waals surface area contributed by atoms with Crippen molar-refractivity contribution in [3.63, 3.8) is 0 Å². The van der Waals surface area contributed by atoms with E-state index in [4.69, 9.17) is 0 Å². The largest absolute Gasteiger partial charge is 0.356 e. The number of amides is 1. The molecule has 1 rings (SSSR count). The van der Waals surface area contributed by atoms with Crippen molar-refractivity contribution in [1.29, 1.82) is 0 Å². The van der Waals surface area contributed by atoms with Gasteiger partial charge in [0.2, 0.25) is 5.91 Å².